The second kappa shape index (κ2) is 7.46. The van der Waals surface area contributed by atoms with Gasteiger partial charge in [0.2, 0.25) is 0 Å². The van der Waals surface area contributed by atoms with Crippen molar-refractivity contribution in [3.63, 3.8) is 0 Å². The molecule has 1 heterocycles. The Morgan fingerprint density at radius 2 is 1.80 bits per heavy atom. The summed E-state index contributed by atoms with van der Waals surface area (Å²) < 4.78 is 0. The van der Waals surface area contributed by atoms with Crippen LogP contribution in [-0.4, -0.2) is 41.9 Å². The molecule has 1 unspecified atom stereocenters. The Morgan fingerprint density at radius 3 is 2.48 bits per heavy atom. The smallest absolute Gasteiger partial charge is 0.254 e. The molecular formula is C20H24ClN3O. The number of hydrogen-bond acceptors (Lipinski definition) is 3. The van der Waals surface area contributed by atoms with Gasteiger partial charge in [-0.3, -0.25) is 9.69 Å². The van der Waals surface area contributed by atoms with Gasteiger partial charge in [0, 0.05) is 48.5 Å². The molecule has 2 aromatic rings. The van der Waals surface area contributed by atoms with Crippen molar-refractivity contribution < 1.29 is 4.79 Å². The number of aryl methyl sites for hydroxylation is 1. The molecule has 1 amide bonds. The highest BCUT2D eigenvalue weighted by molar-refractivity contribution is 6.31. The van der Waals surface area contributed by atoms with Gasteiger partial charge in [-0.25, -0.2) is 0 Å². The Bertz CT molecular complexity index is 769. The first-order valence-corrected chi connectivity index (χ1v) is 8.99. The number of piperazine rings is 1. The van der Waals surface area contributed by atoms with E-state index in [1.165, 1.54) is 0 Å². The molecule has 3 rings (SSSR count). The minimum absolute atomic E-state index is 0.0647. The molecule has 1 aliphatic rings. The van der Waals surface area contributed by atoms with Crippen LogP contribution < -0.4 is 5.73 Å². The number of carbonyl (C=O) groups is 1. The summed E-state index contributed by atoms with van der Waals surface area (Å²) in [4.78, 5) is 17.1. The Kier molecular flexibility index (Phi) is 5.30. The summed E-state index contributed by atoms with van der Waals surface area (Å²) in [7, 11) is 0. The lowest BCUT2D eigenvalue weighted by molar-refractivity contribution is 0.0581. The molecule has 0 saturated carbocycles. The zero-order chi connectivity index (χ0) is 18.0. The van der Waals surface area contributed by atoms with E-state index in [1.54, 1.807) is 6.07 Å². The molecule has 0 spiro atoms. The van der Waals surface area contributed by atoms with Crippen LogP contribution in [0, 0.1) is 6.92 Å². The van der Waals surface area contributed by atoms with Crippen LogP contribution in [0.4, 0.5) is 5.69 Å². The molecule has 1 atom stereocenters. The molecular weight excluding hydrogens is 334 g/mol. The van der Waals surface area contributed by atoms with Crippen molar-refractivity contribution in [2.45, 2.75) is 19.9 Å². The van der Waals surface area contributed by atoms with E-state index >= 15 is 0 Å². The summed E-state index contributed by atoms with van der Waals surface area (Å²) in [5.74, 6) is 0.0647. The third-order valence-electron chi connectivity index (χ3n) is 5.00. The predicted octanol–water partition coefficient (Wildman–Crippen LogP) is 3.75. The molecule has 0 aliphatic carbocycles. The molecule has 25 heavy (non-hydrogen) atoms. The van der Waals surface area contributed by atoms with Gasteiger partial charge in [-0.1, -0.05) is 35.9 Å². The van der Waals surface area contributed by atoms with E-state index < -0.39 is 0 Å². The Hall–Kier alpha value is -2.04. The van der Waals surface area contributed by atoms with E-state index in [2.05, 4.69) is 17.9 Å². The van der Waals surface area contributed by atoms with Gasteiger partial charge in [-0.2, -0.15) is 0 Å². The topological polar surface area (TPSA) is 49.6 Å². The molecule has 1 saturated heterocycles. The number of halogens is 1. The predicted molar refractivity (Wildman–Crippen MR) is 103 cm³/mol. The van der Waals surface area contributed by atoms with Gasteiger partial charge in [0.15, 0.2) is 0 Å². The van der Waals surface area contributed by atoms with Gasteiger partial charge in [-0.05, 0) is 43.2 Å². The third kappa shape index (κ3) is 3.80. The number of carbonyl (C=O) groups excluding carboxylic acids is 1. The van der Waals surface area contributed by atoms with E-state index in [0.29, 0.717) is 24.3 Å². The SMILES string of the molecule is Cc1ccc(N)cc1C(=O)N1CCN(C(C)c2ccccc2Cl)CC1. The van der Waals surface area contributed by atoms with Crippen LogP contribution >= 0.6 is 11.6 Å². The first-order valence-electron chi connectivity index (χ1n) is 8.61. The maximum absolute atomic E-state index is 12.8. The normalized spacial score (nSPS) is 16.7. The summed E-state index contributed by atoms with van der Waals surface area (Å²) in [5, 5.41) is 0.795. The minimum Gasteiger partial charge on any atom is -0.399 e. The number of amides is 1. The van der Waals surface area contributed by atoms with Gasteiger partial charge in [0.25, 0.3) is 5.91 Å². The average molecular weight is 358 g/mol. The number of anilines is 1. The number of rotatable bonds is 3. The second-order valence-corrected chi connectivity index (χ2v) is 7.01. The lowest BCUT2D eigenvalue weighted by Gasteiger charge is -2.38. The van der Waals surface area contributed by atoms with Crippen LogP contribution in [0.5, 0.6) is 0 Å². The summed E-state index contributed by atoms with van der Waals surface area (Å²) in [5.41, 5.74) is 9.27. The molecule has 132 valence electrons. The Balaban J connectivity index is 1.66. The highest BCUT2D eigenvalue weighted by Crippen LogP contribution is 2.28. The van der Waals surface area contributed by atoms with Crippen LogP contribution in [0.2, 0.25) is 5.02 Å². The van der Waals surface area contributed by atoms with Gasteiger partial charge in [-0.15, -0.1) is 0 Å². The molecule has 0 bridgehead atoms. The lowest BCUT2D eigenvalue weighted by Crippen LogP contribution is -2.49. The van der Waals surface area contributed by atoms with Gasteiger partial charge in [0.05, 0.1) is 0 Å². The molecule has 1 fully saturated rings. The van der Waals surface area contributed by atoms with Gasteiger partial charge in [0.1, 0.15) is 0 Å². The second-order valence-electron chi connectivity index (χ2n) is 6.60. The number of hydrogen-bond donors (Lipinski definition) is 1. The molecule has 4 nitrogen and oxygen atoms in total. The van der Waals surface area contributed by atoms with Crippen LogP contribution in [-0.2, 0) is 0 Å². The van der Waals surface area contributed by atoms with Crippen molar-refractivity contribution >= 4 is 23.2 Å². The maximum Gasteiger partial charge on any atom is 0.254 e. The molecule has 2 N–H and O–H groups in total. The summed E-state index contributed by atoms with van der Waals surface area (Å²) in [6.45, 7) is 7.20. The van der Waals surface area contributed by atoms with Crippen molar-refractivity contribution in [2.24, 2.45) is 0 Å². The number of nitrogen functional groups attached to an aromatic ring is 1. The van der Waals surface area contributed by atoms with Crippen LogP contribution in [0.1, 0.15) is 34.5 Å². The molecule has 0 aromatic heterocycles. The molecule has 1 aliphatic heterocycles. The van der Waals surface area contributed by atoms with E-state index in [0.717, 1.165) is 29.2 Å². The van der Waals surface area contributed by atoms with Gasteiger partial charge < -0.3 is 10.6 Å². The van der Waals surface area contributed by atoms with Crippen molar-refractivity contribution in [1.82, 2.24) is 9.80 Å². The summed E-state index contributed by atoms with van der Waals surface area (Å²) >= 11 is 6.33. The quantitative estimate of drug-likeness (QED) is 0.851. The summed E-state index contributed by atoms with van der Waals surface area (Å²) in [6.07, 6.45) is 0. The first kappa shape index (κ1) is 17.8. The zero-order valence-corrected chi connectivity index (χ0v) is 15.5. The largest absolute Gasteiger partial charge is 0.399 e. The monoisotopic (exact) mass is 357 g/mol. The summed E-state index contributed by atoms with van der Waals surface area (Å²) in [6, 6.07) is 13.7. The number of nitrogens with two attached hydrogens (primary N) is 1. The van der Waals surface area contributed by atoms with Crippen molar-refractivity contribution in [2.75, 3.05) is 31.9 Å². The Morgan fingerprint density at radius 1 is 1.12 bits per heavy atom. The van der Waals surface area contributed by atoms with Crippen molar-refractivity contribution in [3.8, 4) is 0 Å². The third-order valence-corrected chi connectivity index (χ3v) is 5.34. The van der Waals surface area contributed by atoms with E-state index in [9.17, 15) is 4.79 Å². The van der Waals surface area contributed by atoms with E-state index in [-0.39, 0.29) is 11.9 Å². The van der Waals surface area contributed by atoms with Gasteiger partial charge >= 0.3 is 0 Å². The zero-order valence-electron chi connectivity index (χ0n) is 14.7. The van der Waals surface area contributed by atoms with Crippen molar-refractivity contribution in [1.29, 1.82) is 0 Å². The number of nitrogens with zero attached hydrogens (tertiary/aromatic N) is 2. The fraction of sp³-hybridized carbons (Fsp3) is 0.350. The van der Waals surface area contributed by atoms with Crippen LogP contribution in [0.25, 0.3) is 0 Å². The number of benzene rings is 2. The lowest BCUT2D eigenvalue weighted by atomic mass is 10.0. The molecule has 0 radical (unpaired) electrons. The van der Waals surface area contributed by atoms with E-state index in [4.69, 9.17) is 17.3 Å². The minimum atomic E-state index is 0.0647. The highest BCUT2D eigenvalue weighted by atomic mass is 35.5. The fourth-order valence-corrected chi connectivity index (χ4v) is 3.66. The Labute approximate surface area is 154 Å². The van der Waals surface area contributed by atoms with E-state index in [1.807, 2.05) is 42.2 Å². The van der Waals surface area contributed by atoms with Crippen LogP contribution in [0.3, 0.4) is 0 Å². The van der Waals surface area contributed by atoms with Crippen molar-refractivity contribution in [3.05, 3.63) is 64.2 Å². The molecule has 2 aromatic carbocycles. The standard InChI is InChI=1S/C20H24ClN3O/c1-14-7-8-16(22)13-18(14)20(25)24-11-9-23(10-12-24)15(2)17-5-3-4-6-19(17)21/h3-8,13,15H,9-12,22H2,1-2H3. The average Bonchev–Trinajstić information content (AvgIpc) is 2.63. The highest BCUT2D eigenvalue weighted by Gasteiger charge is 2.26. The first-order chi connectivity index (χ1) is 12.0. The fourth-order valence-electron chi connectivity index (χ4n) is 3.36. The maximum atomic E-state index is 12.8. The van der Waals surface area contributed by atoms with Crippen LogP contribution in [0.15, 0.2) is 42.5 Å². The molecule has 5 heteroatoms.